The summed E-state index contributed by atoms with van der Waals surface area (Å²) in [6.07, 6.45) is 0. The van der Waals surface area contributed by atoms with Crippen LogP contribution in [0.2, 0.25) is 5.02 Å². The van der Waals surface area contributed by atoms with Crippen LogP contribution in [0.3, 0.4) is 0 Å². The van der Waals surface area contributed by atoms with Crippen molar-refractivity contribution in [1.29, 1.82) is 0 Å². The molecule has 0 radical (unpaired) electrons. The number of nitrogens with zero attached hydrogens (tertiary/aromatic N) is 1. The Morgan fingerprint density at radius 1 is 0.839 bits per heavy atom. The predicted molar refractivity (Wildman–Crippen MR) is 110 cm³/mol. The molecule has 0 spiro atoms. The van der Waals surface area contributed by atoms with Gasteiger partial charge in [-0.3, -0.25) is 14.4 Å². The van der Waals surface area contributed by atoms with Gasteiger partial charge in [0.2, 0.25) is 0 Å². The number of carbonyl (C=O) groups is 4. The number of esters is 1. The van der Waals surface area contributed by atoms with Gasteiger partial charge in [0.05, 0.1) is 22.4 Å². The lowest BCUT2D eigenvalue weighted by Gasteiger charge is -2.13. The molecule has 1 aliphatic heterocycles. The first-order chi connectivity index (χ1) is 14.8. The molecule has 3 aromatic rings. The van der Waals surface area contributed by atoms with E-state index in [1.165, 1.54) is 42.5 Å². The van der Waals surface area contributed by atoms with E-state index in [-0.39, 0.29) is 22.4 Å². The monoisotopic (exact) mass is 437 g/mol. The van der Waals surface area contributed by atoms with Crippen molar-refractivity contribution in [3.63, 3.8) is 0 Å². The number of ketones is 1. The molecule has 4 rings (SSSR count). The van der Waals surface area contributed by atoms with E-state index < -0.39 is 36.0 Å². The molecule has 0 saturated carbocycles. The van der Waals surface area contributed by atoms with Crippen molar-refractivity contribution >= 4 is 40.9 Å². The number of amides is 2. The summed E-state index contributed by atoms with van der Waals surface area (Å²) in [6.45, 7) is -0.494. The number of ether oxygens (including phenoxy) is 1. The molecule has 0 N–H and O–H groups in total. The van der Waals surface area contributed by atoms with Gasteiger partial charge in [-0.2, -0.15) is 0 Å². The first-order valence-corrected chi connectivity index (χ1v) is 9.47. The van der Waals surface area contributed by atoms with Gasteiger partial charge in [0, 0.05) is 10.6 Å². The van der Waals surface area contributed by atoms with E-state index in [1.807, 2.05) is 0 Å². The summed E-state index contributed by atoms with van der Waals surface area (Å²) in [6, 6.07) is 15.0. The van der Waals surface area contributed by atoms with Crippen molar-refractivity contribution in [2.75, 3.05) is 11.5 Å². The molecule has 0 saturated heterocycles. The summed E-state index contributed by atoms with van der Waals surface area (Å²) in [5.74, 6) is -2.95. The first kappa shape index (κ1) is 20.4. The Morgan fingerprint density at radius 2 is 1.45 bits per heavy atom. The third kappa shape index (κ3) is 3.95. The Labute approximate surface area is 180 Å². The van der Waals surface area contributed by atoms with Gasteiger partial charge in [-0.1, -0.05) is 11.6 Å². The molecule has 6 nitrogen and oxygen atoms in total. The maximum Gasteiger partial charge on any atom is 0.338 e. The molecule has 0 aliphatic carbocycles. The number of carbonyl (C=O) groups excluding carboxylic acids is 4. The second kappa shape index (κ2) is 8.12. The Kier molecular flexibility index (Phi) is 5.35. The number of hydrogen-bond donors (Lipinski definition) is 0. The number of benzene rings is 3. The quantitative estimate of drug-likeness (QED) is 0.337. The van der Waals surface area contributed by atoms with Crippen molar-refractivity contribution in [1.82, 2.24) is 0 Å². The number of anilines is 1. The minimum Gasteiger partial charge on any atom is -0.454 e. The highest BCUT2D eigenvalue weighted by atomic mass is 35.5. The van der Waals surface area contributed by atoms with Gasteiger partial charge in [0.25, 0.3) is 11.8 Å². The Hall–Kier alpha value is -3.84. The molecule has 1 heterocycles. The van der Waals surface area contributed by atoms with Crippen molar-refractivity contribution in [2.24, 2.45) is 0 Å². The third-order valence-corrected chi connectivity index (χ3v) is 4.96. The third-order valence-electron chi connectivity index (χ3n) is 4.71. The molecule has 3 aromatic carbocycles. The van der Waals surface area contributed by atoms with Crippen LogP contribution in [0.1, 0.15) is 41.4 Å². The topological polar surface area (TPSA) is 80.8 Å². The lowest BCUT2D eigenvalue weighted by molar-refractivity contribution is 0.0474. The molecular weight excluding hydrogens is 425 g/mol. The van der Waals surface area contributed by atoms with Crippen molar-refractivity contribution in [3.8, 4) is 0 Å². The lowest BCUT2D eigenvalue weighted by Crippen LogP contribution is -2.29. The van der Waals surface area contributed by atoms with E-state index in [4.69, 9.17) is 16.3 Å². The van der Waals surface area contributed by atoms with Gasteiger partial charge in [-0.25, -0.2) is 14.1 Å². The highest BCUT2D eigenvalue weighted by molar-refractivity contribution is 6.34. The SMILES string of the molecule is O=C(COC(=O)c1ccc2c(c1)C(=O)N(c1ccc(F)cc1)C2=O)c1ccc(Cl)cc1. The van der Waals surface area contributed by atoms with E-state index in [0.29, 0.717) is 10.6 Å². The van der Waals surface area contributed by atoms with E-state index >= 15 is 0 Å². The van der Waals surface area contributed by atoms with E-state index in [2.05, 4.69) is 0 Å². The standard InChI is InChI=1S/C23H13ClFNO5/c24-15-4-1-13(2-5-15)20(27)12-31-23(30)14-3-10-18-19(11-14)22(29)26(21(18)28)17-8-6-16(25)7-9-17/h1-11H,12H2. The van der Waals surface area contributed by atoms with Crippen LogP contribution in [-0.4, -0.2) is 30.2 Å². The molecule has 31 heavy (non-hydrogen) atoms. The summed E-state index contributed by atoms with van der Waals surface area (Å²) in [4.78, 5) is 50.8. The lowest BCUT2D eigenvalue weighted by atomic mass is 10.1. The summed E-state index contributed by atoms with van der Waals surface area (Å²) in [5, 5.41) is 0.473. The van der Waals surface area contributed by atoms with Crippen LogP contribution in [0.4, 0.5) is 10.1 Å². The smallest absolute Gasteiger partial charge is 0.338 e. The average molecular weight is 438 g/mol. The molecule has 0 atom stereocenters. The van der Waals surface area contributed by atoms with Gasteiger partial charge in [-0.05, 0) is 66.7 Å². The zero-order valence-corrected chi connectivity index (χ0v) is 16.6. The van der Waals surface area contributed by atoms with Crippen LogP contribution in [0.25, 0.3) is 0 Å². The number of fused-ring (bicyclic) bond motifs is 1. The normalized spacial score (nSPS) is 12.6. The van der Waals surface area contributed by atoms with Gasteiger partial charge >= 0.3 is 5.97 Å². The first-order valence-electron chi connectivity index (χ1n) is 9.09. The van der Waals surface area contributed by atoms with Crippen LogP contribution in [-0.2, 0) is 4.74 Å². The maximum absolute atomic E-state index is 13.2. The van der Waals surface area contributed by atoms with Crippen LogP contribution < -0.4 is 4.90 Å². The number of rotatable bonds is 5. The van der Waals surface area contributed by atoms with Crippen LogP contribution in [0.15, 0.2) is 66.7 Å². The van der Waals surface area contributed by atoms with E-state index in [1.54, 1.807) is 12.1 Å². The highest BCUT2D eigenvalue weighted by Gasteiger charge is 2.37. The molecule has 0 unspecified atom stereocenters. The van der Waals surface area contributed by atoms with Gasteiger partial charge in [0.15, 0.2) is 12.4 Å². The largest absolute Gasteiger partial charge is 0.454 e. The minimum absolute atomic E-state index is 0.0183. The van der Waals surface area contributed by atoms with Gasteiger partial charge < -0.3 is 4.74 Å². The molecule has 154 valence electrons. The zero-order chi connectivity index (χ0) is 22.1. The summed E-state index contributed by atoms with van der Waals surface area (Å²) in [7, 11) is 0. The van der Waals surface area contributed by atoms with E-state index in [0.717, 1.165) is 17.0 Å². The molecule has 8 heteroatoms. The fraction of sp³-hybridized carbons (Fsp3) is 0.0435. The fourth-order valence-corrected chi connectivity index (χ4v) is 3.25. The second-order valence-electron chi connectivity index (χ2n) is 6.69. The Balaban J connectivity index is 1.50. The molecule has 0 fully saturated rings. The Bertz CT molecular complexity index is 1220. The molecule has 2 amide bonds. The van der Waals surface area contributed by atoms with Crippen LogP contribution in [0.5, 0.6) is 0 Å². The van der Waals surface area contributed by atoms with Crippen molar-refractivity contribution < 1.29 is 28.3 Å². The molecule has 1 aliphatic rings. The van der Waals surface area contributed by atoms with Gasteiger partial charge in [0.1, 0.15) is 5.82 Å². The zero-order valence-electron chi connectivity index (χ0n) is 15.8. The minimum atomic E-state index is -0.814. The average Bonchev–Trinajstić information content (AvgIpc) is 3.02. The second-order valence-corrected chi connectivity index (χ2v) is 7.13. The molecule has 0 aromatic heterocycles. The maximum atomic E-state index is 13.2. The molecule has 0 bridgehead atoms. The predicted octanol–water partition coefficient (Wildman–Crippen LogP) is 4.32. The number of Topliss-reactive ketones (excluding diaryl/α,β-unsaturated/α-hetero) is 1. The number of halogens is 2. The van der Waals surface area contributed by atoms with E-state index in [9.17, 15) is 23.6 Å². The van der Waals surface area contributed by atoms with Crippen molar-refractivity contribution in [2.45, 2.75) is 0 Å². The highest BCUT2D eigenvalue weighted by Crippen LogP contribution is 2.29. The van der Waals surface area contributed by atoms with Crippen molar-refractivity contribution in [3.05, 3.63) is 99.8 Å². The molecular formula is C23H13ClFNO5. The number of imide groups is 1. The summed E-state index contributed by atoms with van der Waals surface area (Å²) >= 11 is 5.78. The van der Waals surface area contributed by atoms with Gasteiger partial charge in [-0.15, -0.1) is 0 Å². The van der Waals surface area contributed by atoms with Crippen LogP contribution in [0, 0.1) is 5.82 Å². The summed E-state index contributed by atoms with van der Waals surface area (Å²) < 4.78 is 18.2. The summed E-state index contributed by atoms with van der Waals surface area (Å²) in [5.41, 5.74) is 0.702. The number of hydrogen-bond acceptors (Lipinski definition) is 5. The van der Waals surface area contributed by atoms with Crippen LogP contribution >= 0.6 is 11.6 Å². The Morgan fingerprint density at radius 3 is 2.13 bits per heavy atom. The fourth-order valence-electron chi connectivity index (χ4n) is 3.13.